The Balaban J connectivity index is 4.23. The van der Waals surface area contributed by atoms with Crippen molar-refractivity contribution in [2.45, 2.75) is 18.1 Å². The number of nitrogens with zero attached hydrogens (tertiary/aromatic N) is 1. The maximum absolute atomic E-state index is 11.0. The standard InChI is InChI=1S/C6H12BrN3O4S/c7-15(13,14)4(5(11)12)2-1-3-10-6(8)9/h4H,1-3H2,(H,11,12)(H4,8,9,10). The topological polar surface area (TPSA) is 136 Å². The second kappa shape index (κ2) is 5.91. The van der Waals surface area contributed by atoms with Crippen LogP contribution in [0.15, 0.2) is 4.99 Å². The number of carbonyl (C=O) groups is 1. The molecule has 0 aromatic rings. The highest BCUT2D eigenvalue weighted by atomic mass is 79.9. The third-order valence-corrected chi connectivity index (χ3v) is 4.00. The number of carboxylic acid groups (broad SMARTS) is 1. The number of aliphatic carboxylic acids is 1. The molecule has 0 aliphatic rings. The number of nitrogens with two attached hydrogens (primary N) is 2. The fourth-order valence-electron chi connectivity index (χ4n) is 0.870. The minimum absolute atomic E-state index is 0.0420. The van der Waals surface area contributed by atoms with Gasteiger partial charge >= 0.3 is 5.97 Å². The van der Waals surface area contributed by atoms with Crippen LogP contribution in [0.1, 0.15) is 12.8 Å². The van der Waals surface area contributed by atoms with Crippen molar-refractivity contribution in [2.24, 2.45) is 16.5 Å². The van der Waals surface area contributed by atoms with Gasteiger partial charge in [0.25, 0.3) is 0 Å². The van der Waals surface area contributed by atoms with Crippen LogP contribution in [0.3, 0.4) is 0 Å². The summed E-state index contributed by atoms with van der Waals surface area (Å²) in [6, 6.07) is 0. The van der Waals surface area contributed by atoms with Crippen molar-refractivity contribution < 1.29 is 18.3 Å². The molecule has 0 aliphatic heterocycles. The van der Waals surface area contributed by atoms with Crippen molar-refractivity contribution >= 4 is 35.0 Å². The predicted octanol–water partition coefficient (Wildman–Crippen LogP) is -0.782. The lowest BCUT2D eigenvalue weighted by atomic mass is 10.2. The third kappa shape index (κ3) is 6.28. The summed E-state index contributed by atoms with van der Waals surface area (Å²) in [6.07, 6.45) is 0.236. The van der Waals surface area contributed by atoms with Gasteiger partial charge < -0.3 is 16.6 Å². The molecule has 0 rings (SSSR count). The van der Waals surface area contributed by atoms with Gasteiger partial charge in [-0.2, -0.15) is 0 Å². The number of hydrogen-bond donors (Lipinski definition) is 3. The van der Waals surface area contributed by atoms with Crippen molar-refractivity contribution in [3.8, 4) is 0 Å². The Hall–Kier alpha value is -0.830. The first-order valence-corrected chi connectivity index (χ1v) is 7.35. The van der Waals surface area contributed by atoms with Crippen molar-refractivity contribution in [2.75, 3.05) is 6.54 Å². The van der Waals surface area contributed by atoms with Gasteiger partial charge in [0.05, 0.1) is 14.8 Å². The Morgan fingerprint density at radius 2 is 2.00 bits per heavy atom. The number of halogens is 1. The second-order valence-corrected chi connectivity index (χ2v) is 6.98. The average molecular weight is 302 g/mol. The lowest BCUT2D eigenvalue weighted by Crippen LogP contribution is -2.27. The van der Waals surface area contributed by atoms with Gasteiger partial charge in [-0.3, -0.25) is 9.79 Å². The van der Waals surface area contributed by atoms with Gasteiger partial charge in [-0.1, -0.05) is 0 Å². The summed E-state index contributed by atoms with van der Waals surface area (Å²) in [6.45, 7) is 0.203. The highest BCUT2D eigenvalue weighted by Crippen LogP contribution is 2.15. The molecule has 0 aromatic heterocycles. The molecule has 0 spiro atoms. The van der Waals surface area contributed by atoms with E-state index >= 15 is 0 Å². The van der Waals surface area contributed by atoms with Gasteiger partial charge in [-0.15, -0.1) is 0 Å². The molecular formula is C6H12BrN3O4S. The summed E-state index contributed by atoms with van der Waals surface area (Å²) in [7, 11) is -3.76. The van der Waals surface area contributed by atoms with E-state index in [1.54, 1.807) is 0 Å². The summed E-state index contributed by atoms with van der Waals surface area (Å²) in [5, 5.41) is 7.16. The SMILES string of the molecule is NC(N)=NCCCC(C(=O)O)S(=O)(=O)Br. The van der Waals surface area contributed by atoms with E-state index in [4.69, 9.17) is 16.6 Å². The zero-order valence-electron chi connectivity index (χ0n) is 7.76. The summed E-state index contributed by atoms with van der Waals surface area (Å²) < 4.78 is 21.9. The second-order valence-electron chi connectivity index (χ2n) is 2.75. The van der Waals surface area contributed by atoms with Crippen molar-refractivity contribution in [3.63, 3.8) is 0 Å². The van der Waals surface area contributed by atoms with Crippen LogP contribution in [0, 0.1) is 0 Å². The van der Waals surface area contributed by atoms with E-state index in [0.29, 0.717) is 0 Å². The van der Waals surface area contributed by atoms with E-state index in [0.717, 1.165) is 0 Å². The summed E-state index contributed by atoms with van der Waals surface area (Å²) in [5.41, 5.74) is 10.1. The summed E-state index contributed by atoms with van der Waals surface area (Å²) in [5.74, 6) is -1.50. The highest BCUT2D eigenvalue weighted by Gasteiger charge is 2.29. The molecule has 15 heavy (non-hydrogen) atoms. The molecule has 0 saturated heterocycles. The predicted molar refractivity (Wildman–Crippen MR) is 59.2 cm³/mol. The van der Waals surface area contributed by atoms with Crippen LogP contribution in [0.2, 0.25) is 0 Å². The maximum atomic E-state index is 11.0. The van der Waals surface area contributed by atoms with Gasteiger partial charge in [0.1, 0.15) is 0 Å². The Morgan fingerprint density at radius 3 is 2.33 bits per heavy atom. The van der Waals surface area contributed by atoms with E-state index in [1.165, 1.54) is 0 Å². The maximum Gasteiger partial charge on any atom is 0.322 e. The first-order valence-electron chi connectivity index (χ1n) is 3.97. The molecule has 0 amide bonds. The van der Waals surface area contributed by atoms with E-state index in [2.05, 4.69) is 19.8 Å². The highest BCUT2D eigenvalue weighted by molar-refractivity contribution is 9.47. The van der Waals surface area contributed by atoms with Crippen LogP contribution in [0.5, 0.6) is 0 Å². The lowest BCUT2D eigenvalue weighted by Gasteiger charge is -2.07. The Bertz CT molecular complexity index is 349. The number of guanidine groups is 1. The van der Waals surface area contributed by atoms with Gasteiger partial charge in [0.15, 0.2) is 11.2 Å². The molecule has 0 aromatic carbocycles. The van der Waals surface area contributed by atoms with Gasteiger partial charge in [-0.25, -0.2) is 8.42 Å². The molecular weight excluding hydrogens is 290 g/mol. The van der Waals surface area contributed by atoms with Crippen LogP contribution in [-0.4, -0.2) is 37.2 Å². The molecule has 0 aliphatic carbocycles. The molecule has 7 nitrogen and oxygen atoms in total. The van der Waals surface area contributed by atoms with Crippen molar-refractivity contribution in [1.82, 2.24) is 0 Å². The minimum Gasteiger partial charge on any atom is -0.480 e. The third-order valence-electron chi connectivity index (χ3n) is 1.53. The van der Waals surface area contributed by atoms with Gasteiger partial charge in [0, 0.05) is 6.54 Å². The van der Waals surface area contributed by atoms with E-state index in [1.807, 2.05) is 0 Å². The van der Waals surface area contributed by atoms with Crippen molar-refractivity contribution in [3.05, 3.63) is 0 Å². The zero-order chi connectivity index (χ0) is 12.1. The van der Waals surface area contributed by atoms with E-state index < -0.39 is 19.5 Å². The number of hydrogen-bond acceptors (Lipinski definition) is 4. The van der Waals surface area contributed by atoms with E-state index in [9.17, 15) is 13.2 Å². The largest absolute Gasteiger partial charge is 0.480 e. The Labute approximate surface area is 94.7 Å². The quantitative estimate of drug-likeness (QED) is 0.255. The van der Waals surface area contributed by atoms with Crippen LogP contribution in [0.25, 0.3) is 0 Å². The molecule has 1 unspecified atom stereocenters. The molecule has 5 N–H and O–H groups in total. The van der Waals surface area contributed by atoms with Gasteiger partial charge in [-0.05, 0) is 12.8 Å². The fraction of sp³-hybridized carbons (Fsp3) is 0.667. The normalized spacial score (nSPS) is 13.1. The van der Waals surface area contributed by atoms with Crippen LogP contribution in [-0.2, 0) is 13.1 Å². The Kier molecular flexibility index (Phi) is 5.58. The summed E-state index contributed by atoms with van der Waals surface area (Å²) in [4.78, 5) is 14.2. The minimum atomic E-state index is -3.76. The summed E-state index contributed by atoms with van der Waals surface area (Å²) >= 11 is 2.33. The number of carboxylic acids is 1. The first kappa shape index (κ1) is 14.2. The van der Waals surface area contributed by atoms with Crippen LogP contribution in [0.4, 0.5) is 0 Å². The fourth-order valence-corrected chi connectivity index (χ4v) is 2.60. The molecule has 9 heteroatoms. The average Bonchev–Trinajstić information content (AvgIpc) is 1.99. The Morgan fingerprint density at radius 1 is 1.47 bits per heavy atom. The van der Waals surface area contributed by atoms with Gasteiger partial charge in [0.2, 0.25) is 8.27 Å². The van der Waals surface area contributed by atoms with Crippen molar-refractivity contribution in [1.29, 1.82) is 0 Å². The van der Waals surface area contributed by atoms with E-state index in [-0.39, 0.29) is 25.3 Å². The molecule has 0 bridgehead atoms. The number of aliphatic imine (C=N–C) groups is 1. The van der Waals surface area contributed by atoms with Crippen LogP contribution < -0.4 is 11.5 Å². The first-order chi connectivity index (χ1) is 6.75. The molecule has 88 valence electrons. The zero-order valence-corrected chi connectivity index (χ0v) is 10.2. The molecule has 0 radical (unpaired) electrons. The molecule has 0 fully saturated rings. The molecule has 0 heterocycles. The molecule has 0 saturated carbocycles. The number of rotatable bonds is 6. The molecule has 1 atom stereocenters. The lowest BCUT2D eigenvalue weighted by molar-refractivity contribution is -0.136. The smallest absolute Gasteiger partial charge is 0.322 e. The monoisotopic (exact) mass is 301 g/mol. The van der Waals surface area contributed by atoms with Crippen LogP contribution >= 0.6 is 14.8 Å².